The maximum Gasteiger partial charge on any atom is 0.255 e. The standard InChI is InChI=1S/C15H20BrNO2/c1-3-4-9-17(11-5-6-11)15(18)13-10-12(19-2)7-8-14(13)16/h7-8,10-11H,3-6,9H2,1-2H3. The van der Waals surface area contributed by atoms with E-state index in [1.54, 1.807) is 7.11 Å². The van der Waals surface area contributed by atoms with Crippen molar-refractivity contribution < 1.29 is 9.53 Å². The van der Waals surface area contributed by atoms with Crippen LogP contribution >= 0.6 is 15.9 Å². The van der Waals surface area contributed by atoms with Gasteiger partial charge in [-0.2, -0.15) is 0 Å². The van der Waals surface area contributed by atoms with Crippen molar-refractivity contribution in [1.29, 1.82) is 0 Å². The number of halogens is 1. The van der Waals surface area contributed by atoms with E-state index < -0.39 is 0 Å². The van der Waals surface area contributed by atoms with Gasteiger partial charge in [0.15, 0.2) is 0 Å². The SMILES string of the molecule is CCCCN(C(=O)c1cc(OC)ccc1Br)C1CC1. The van der Waals surface area contributed by atoms with Crippen LogP contribution < -0.4 is 4.74 Å². The molecule has 0 bridgehead atoms. The zero-order valence-corrected chi connectivity index (χ0v) is 13.1. The van der Waals surface area contributed by atoms with E-state index in [2.05, 4.69) is 22.9 Å². The lowest BCUT2D eigenvalue weighted by atomic mass is 10.1. The van der Waals surface area contributed by atoms with Crippen LogP contribution in [0.25, 0.3) is 0 Å². The first-order valence-corrected chi connectivity index (χ1v) is 7.61. The Hall–Kier alpha value is -1.03. The van der Waals surface area contributed by atoms with Crippen LogP contribution in [0.4, 0.5) is 0 Å². The number of nitrogens with zero attached hydrogens (tertiary/aromatic N) is 1. The van der Waals surface area contributed by atoms with Crippen LogP contribution in [0.5, 0.6) is 5.75 Å². The van der Waals surface area contributed by atoms with Crippen LogP contribution in [0.3, 0.4) is 0 Å². The monoisotopic (exact) mass is 325 g/mol. The molecule has 0 aromatic heterocycles. The van der Waals surface area contributed by atoms with Crippen LogP contribution in [0.1, 0.15) is 43.0 Å². The van der Waals surface area contributed by atoms with Gasteiger partial charge in [0.25, 0.3) is 5.91 Å². The molecule has 1 aromatic rings. The average molecular weight is 326 g/mol. The van der Waals surface area contributed by atoms with E-state index in [1.807, 2.05) is 23.1 Å². The Morgan fingerprint density at radius 3 is 2.79 bits per heavy atom. The summed E-state index contributed by atoms with van der Waals surface area (Å²) < 4.78 is 6.04. The lowest BCUT2D eigenvalue weighted by Crippen LogP contribution is -2.34. The minimum atomic E-state index is 0.113. The average Bonchev–Trinajstić information content (AvgIpc) is 3.24. The number of rotatable bonds is 6. The van der Waals surface area contributed by atoms with Crippen molar-refractivity contribution in [1.82, 2.24) is 4.90 Å². The van der Waals surface area contributed by atoms with Gasteiger partial charge in [-0.05, 0) is 53.4 Å². The predicted molar refractivity (Wildman–Crippen MR) is 79.7 cm³/mol. The van der Waals surface area contributed by atoms with Crippen LogP contribution in [-0.2, 0) is 0 Å². The first kappa shape index (κ1) is 14.4. The summed E-state index contributed by atoms with van der Waals surface area (Å²) in [4.78, 5) is 14.7. The maximum absolute atomic E-state index is 12.7. The number of hydrogen-bond acceptors (Lipinski definition) is 2. The third-order valence-corrected chi connectivity index (χ3v) is 4.10. The summed E-state index contributed by atoms with van der Waals surface area (Å²) in [6.07, 6.45) is 4.44. The van der Waals surface area contributed by atoms with Crippen molar-refractivity contribution in [3.8, 4) is 5.75 Å². The van der Waals surface area contributed by atoms with Gasteiger partial charge in [-0.15, -0.1) is 0 Å². The van der Waals surface area contributed by atoms with Crippen LogP contribution in [0.2, 0.25) is 0 Å². The molecule has 0 unspecified atom stereocenters. The van der Waals surface area contributed by atoms with E-state index in [0.29, 0.717) is 11.6 Å². The lowest BCUT2D eigenvalue weighted by Gasteiger charge is -2.23. The molecule has 19 heavy (non-hydrogen) atoms. The molecule has 3 nitrogen and oxygen atoms in total. The molecule has 4 heteroatoms. The molecule has 0 aliphatic heterocycles. The lowest BCUT2D eigenvalue weighted by molar-refractivity contribution is 0.0739. The summed E-state index contributed by atoms with van der Waals surface area (Å²) in [5.41, 5.74) is 0.697. The van der Waals surface area contributed by atoms with Gasteiger partial charge in [0, 0.05) is 17.1 Å². The number of ether oxygens (including phenoxy) is 1. The molecular weight excluding hydrogens is 306 g/mol. The van der Waals surface area contributed by atoms with Crippen molar-refractivity contribution in [2.45, 2.75) is 38.6 Å². The zero-order chi connectivity index (χ0) is 13.8. The quantitative estimate of drug-likeness (QED) is 0.794. The second-order valence-electron chi connectivity index (χ2n) is 4.93. The second kappa shape index (κ2) is 6.42. The molecule has 0 spiro atoms. The van der Waals surface area contributed by atoms with E-state index in [-0.39, 0.29) is 5.91 Å². The Bertz CT molecular complexity index is 457. The third-order valence-electron chi connectivity index (χ3n) is 3.41. The van der Waals surface area contributed by atoms with Crippen molar-refractivity contribution in [2.75, 3.05) is 13.7 Å². The van der Waals surface area contributed by atoms with Gasteiger partial charge in [-0.1, -0.05) is 13.3 Å². The van der Waals surface area contributed by atoms with Gasteiger partial charge >= 0.3 is 0 Å². The molecule has 1 aliphatic rings. The maximum atomic E-state index is 12.7. The summed E-state index contributed by atoms with van der Waals surface area (Å²) >= 11 is 3.46. The summed E-state index contributed by atoms with van der Waals surface area (Å²) in [6, 6.07) is 5.98. The summed E-state index contributed by atoms with van der Waals surface area (Å²) in [5.74, 6) is 0.833. The second-order valence-corrected chi connectivity index (χ2v) is 5.78. The molecule has 1 aromatic carbocycles. The number of carbonyl (C=O) groups is 1. The molecule has 0 heterocycles. The fourth-order valence-electron chi connectivity index (χ4n) is 2.11. The number of benzene rings is 1. The van der Waals surface area contributed by atoms with Gasteiger partial charge in [0.05, 0.1) is 12.7 Å². The molecule has 104 valence electrons. The molecule has 1 saturated carbocycles. The molecule has 1 amide bonds. The van der Waals surface area contributed by atoms with Crippen molar-refractivity contribution >= 4 is 21.8 Å². The molecular formula is C15H20BrNO2. The Labute approximate surface area is 123 Å². The van der Waals surface area contributed by atoms with E-state index in [1.165, 1.54) is 0 Å². The number of carbonyl (C=O) groups excluding carboxylic acids is 1. The fourth-order valence-corrected chi connectivity index (χ4v) is 2.53. The Morgan fingerprint density at radius 1 is 1.47 bits per heavy atom. The highest BCUT2D eigenvalue weighted by Crippen LogP contribution is 2.31. The normalized spacial score (nSPS) is 14.3. The number of methoxy groups -OCH3 is 1. The third kappa shape index (κ3) is 3.50. The number of unbranched alkanes of at least 4 members (excludes halogenated alkanes) is 1. The summed E-state index contributed by atoms with van der Waals surface area (Å²) in [5, 5.41) is 0. The smallest absolute Gasteiger partial charge is 0.255 e. The van der Waals surface area contributed by atoms with Gasteiger partial charge < -0.3 is 9.64 Å². The van der Waals surface area contributed by atoms with Gasteiger partial charge in [0.2, 0.25) is 0 Å². The molecule has 1 aliphatic carbocycles. The van der Waals surface area contributed by atoms with Gasteiger partial charge in [0.1, 0.15) is 5.75 Å². The van der Waals surface area contributed by atoms with E-state index in [4.69, 9.17) is 4.74 Å². The molecule has 0 N–H and O–H groups in total. The van der Waals surface area contributed by atoms with E-state index in [9.17, 15) is 4.79 Å². The Balaban J connectivity index is 2.20. The minimum Gasteiger partial charge on any atom is -0.497 e. The fraction of sp³-hybridized carbons (Fsp3) is 0.533. The highest BCUT2D eigenvalue weighted by atomic mass is 79.9. The molecule has 0 radical (unpaired) electrons. The van der Waals surface area contributed by atoms with Crippen molar-refractivity contribution in [3.63, 3.8) is 0 Å². The van der Waals surface area contributed by atoms with Gasteiger partial charge in [-0.25, -0.2) is 0 Å². The van der Waals surface area contributed by atoms with Gasteiger partial charge in [-0.3, -0.25) is 4.79 Å². The highest BCUT2D eigenvalue weighted by Gasteiger charge is 2.33. The predicted octanol–water partition coefficient (Wildman–Crippen LogP) is 3.86. The zero-order valence-electron chi connectivity index (χ0n) is 11.5. The number of amides is 1. The van der Waals surface area contributed by atoms with Crippen LogP contribution in [-0.4, -0.2) is 30.5 Å². The van der Waals surface area contributed by atoms with Crippen LogP contribution in [0.15, 0.2) is 22.7 Å². The largest absolute Gasteiger partial charge is 0.497 e. The van der Waals surface area contributed by atoms with Crippen molar-refractivity contribution in [3.05, 3.63) is 28.2 Å². The first-order chi connectivity index (χ1) is 9.17. The molecule has 1 fully saturated rings. The van der Waals surface area contributed by atoms with E-state index in [0.717, 1.165) is 42.5 Å². The van der Waals surface area contributed by atoms with E-state index >= 15 is 0 Å². The molecule has 0 atom stereocenters. The molecule has 2 rings (SSSR count). The first-order valence-electron chi connectivity index (χ1n) is 6.82. The molecule has 0 saturated heterocycles. The Morgan fingerprint density at radius 2 is 2.21 bits per heavy atom. The highest BCUT2D eigenvalue weighted by molar-refractivity contribution is 9.10. The van der Waals surface area contributed by atoms with Crippen LogP contribution in [0, 0.1) is 0 Å². The number of hydrogen-bond donors (Lipinski definition) is 0. The topological polar surface area (TPSA) is 29.5 Å². The summed E-state index contributed by atoms with van der Waals surface area (Å²) in [6.45, 7) is 3.00. The summed E-state index contributed by atoms with van der Waals surface area (Å²) in [7, 11) is 1.62. The minimum absolute atomic E-state index is 0.113. The van der Waals surface area contributed by atoms with Crippen molar-refractivity contribution in [2.24, 2.45) is 0 Å². The Kier molecular flexibility index (Phi) is 4.86.